The zero-order valence-electron chi connectivity index (χ0n) is 13.5. The van der Waals surface area contributed by atoms with E-state index in [9.17, 15) is 0 Å². The third kappa shape index (κ3) is 2.05. The first-order chi connectivity index (χ1) is 9.46. The van der Waals surface area contributed by atoms with E-state index in [1.54, 1.807) is 0 Å². The number of hydrogen-bond donors (Lipinski definition) is 0. The lowest BCUT2D eigenvalue weighted by atomic mass is 10.0. The van der Waals surface area contributed by atoms with Gasteiger partial charge in [0, 0.05) is 12.6 Å². The van der Waals surface area contributed by atoms with Crippen LogP contribution in [0.3, 0.4) is 0 Å². The van der Waals surface area contributed by atoms with Crippen molar-refractivity contribution in [3.8, 4) is 0 Å². The first-order valence-corrected chi connectivity index (χ1v) is 8.17. The fraction of sp³-hybridized carbons (Fsp3) is 0.667. The minimum absolute atomic E-state index is 0.253. The number of nitrogens with zero attached hydrogens (tertiary/aromatic N) is 2. The molecule has 1 atom stereocenters. The SMILES string of the molecule is Cc1ccccc1N1C(C)[N+]2(CCCCC2)CC1(C)C. The molecule has 1 spiro atoms. The van der Waals surface area contributed by atoms with Crippen LogP contribution in [0.4, 0.5) is 5.69 Å². The minimum atomic E-state index is 0.253. The third-order valence-corrected chi connectivity index (χ3v) is 5.60. The summed E-state index contributed by atoms with van der Waals surface area (Å²) in [5, 5.41) is 0. The van der Waals surface area contributed by atoms with Gasteiger partial charge in [-0.15, -0.1) is 0 Å². The van der Waals surface area contributed by atoms with Crippen molar-refractivity contribution in [1.82, 2.24) is 0 Å². The Balaban J connectivity index is 2.00. The normalized spacial score (nSPS) is 28.0. The smallest absolute Gasteiger partial charge is 0.162 e. The van der Waals surface area contributed by atoms with Crippen LogP contribution in [0.5, 0.6) is 0 Å². The second-order valence-corrected chi connectivity index (χ2v) is 7.49. The van der Waals surface area contributed by atoms with E-state index in [0.717, 1.165) is 0 Å². The van der Waals surface area contributed by atoms with Crippen LogP contribution in [-0.2, 0) is 0 Å². The highest BCUT2D eigenvalue weighted by atomic mass is 15.6. The van der Waals surface area contributed by atoms with Gasteiger partial charge in [0.25, 0.3) is 0 Å². The average Bonchev–Trinajstić information content (AvgIpc) is 2.59. The Morgan fingerprint density at radius 3 is 2.40 bits per heavy atom. The van der Waals surface area contributed by atoms with Gasteiger partial charge in [0.05, 0.1) is 18.6 Å². The number of anilines is 1. The lowest BCUT2D eigenvalue weighted by Crippen LogP contribution is -2.56. The Hall–Kier alpha value is -1.02. The van der Waals surface area contributed by atoms with Gasteiger partial charge in [0.2, 0.25) is 0 Å². The number of piperidine rings is 1. The molecule has 2 nitrogen and oxygen atoms in total. The standard InChI is InChI=1S/C18H29N2/c1-15-10-6-7-11-17(15)19-16(2)20(14-18(19,3)4)12-8-5-9-13-20/h6-7,10-11,16H,5,8-9,12-14H2,1-4H3/q+1. The maximum Gasteiger partial charge on any atom is 0.162 e. The molecule has 0 N–H and O–H groups in total. The van der Waals surface area contributed by atoms with Gasteiger partial charge < -0.3 is 9.38 Å². The second kappa shape index (κ2) is 4.77. The minimum Gasteiger partial charge on any atom is -0.312 e. The molecular formula is C18H29N2+. The van der Waals surface area contributed by atoms with E-state index in [1.165, 1.54) is 54.6 Å². The highest BCUT2D eigenvalue weighted by molar-refractivity contribution is 5.56. The van der Waals surface area contributed by atoms with Crippen molar-refractivity contribution in [3.63, 3.8) is 0 Å². The summed E-state index contributed by atoms with van der Waals surface area (Å²) in [6, 6.07) is 8.89. The van der Waals surface area contributed by atoms with Gasteiger partial charge >= 0.3 is 0 Å². The molecule has 1 unspecified atom stereocenters. The van der Waals surface area contributed by atoms with Crippen molar-refractivity contribution >= 4 is 5.69 Å². The largest absolute Gasteiger partial charge is 0.312 e. The quantitative estimate of drug-likeness (QED) is 0.701. The Bertz CT molecular complexity index is 486. The van der Waals surface area contributed by atoms with Gasteiger partial charge in [-0.05, 0) is 51.7 Å². The summed E-state index contributed by atoms with van der Waals surface area (Å²) in [5.41, 5.74) is 3.10. The molecule has 110 valence electrons. The Labute approximate surface area is 124 Å². The van der Waals surface area contributed by atoms with E-state index < -0.39 is 0 Å². The third-order valence-electron chi connectivity index (χ3n) is 5.60. The molecule has 1 aromatic rings. The van der Waals surface area contributed by atoms with Crippen molar-refractivity contribution in [1.29, 1.82) is 0 Å². The summed E-state index contributed by atoms with van der Waals surface area (Å²) in [6.07, 6.45) is 4.84. The van der Waals surface area contributed by atoms with Crippen molar-refractivity contribution in [2.45, 2.75) is 58.7 Å². The molecular weight excluding hydrogens is 244 g/mol. The fourth-order valence-electron chi connectivity index (χ4n) is 4.76. The van der Waals surface area contributed by atoms with E-state index >= 15 is 0 Å². The first-order valence-electron chi connectivity index (χ1n) is 8.17. The molecule has 0 bridgehead atoms. The molecule has 3 rings (SSSR count). The predicted molar refractivity (Wildman–Crippen MR) is 85.9 cm³/mol. The van der Waals surface area contributed by atoms with Crippen molar-refractivity contribution in [2.24, 2.45) is 0 Å². The summed E-state index contributed by atoms with van der Waals surface area (Å²) in [4.78, 5) is 2.70. The molecule has 2 aliphatic heterocycles. The van der Waals surface area contributed by atoms with Crippen LogP contribution in [-0.4, -0.2) is 35.8 Å². The molecule has 2 heteroatoms. The van der Waals surface area contributed by atoms with Gasteiger partial charge in [-0.25, -0.2) is 0 Å². The van der Waals surface area contributed by atoms with E-state index in [2.05, 4.69) is 56.9 Å². The molecule has 2 fully saturated rings. The molecule has 1 aromatic carbocycles. The van der Waals surface area contributed by atoms with Gasteiger partial charge in [-0.3, -0.25) is 0 Å². The molecule has 0 aliphatic carbocycles. The molecule has 20 heavy (non-hydrogen) atoms. The molecule has 2 saturated heterocycles. The second-order valence-electron chi connectivity index (χ2n) is 7.49. The number of hydrogen-bond acceptors (Lipinski definition) is 1. The lowest BCUT2D eigenvalue weighted by Gasteiger charge is -2.42. The Kier molecular flexibility index (Phi) is 3.32. The molecule has 0 amide bonds. The molecule has 2 aliphatic rings. The Morgan fingerprint density at radius 1 is 1.10 bits per heavy atom. The average molecular weight is 273 g/mol. The number of aryl methyl sites for hydroxylation is 1. The highest BCUT2D eigenvalue weighted by Gasteiger charge is 2.54. The maximum atomic E-state index is 2.70. The van der Waals surface area contributed by atoms with E-state index in [-0.39, 0.29) is 5.54 Å². The summed E-state index contributed by atoms with van der Waals surface area (Å²) < 4.78 is 1.31. The van der Waals surface area contributed by atoms with Crippen molar-refractivity contribution < 1.29 is 4.48 Å². The monoisotopic (exact) mass is 273 g/mol. The fourth-order valence-corrected chi connectivity index (χ4v) is 4.76. The van der Waals surface area contributed by atoms with E-state index in [1.807, 2.05) is 0 Å². The van der Waals surface area contributed by atoms with Gasteiger partial charge in [0.15, 0.2) is 6.17 Å². The van der Waals surface area contributed by atoms with Crippen LogP contribution >= 0.6 is 0 Å². The molecule has 0 radical (unpaired) electrons. The first kappa shape index (κ1) is 13.9. The molecule has 0 saturated carbocycles. The zero-order chi connectivity index (χ0) is 14.4. The number of rotatable bonds is 1. The van der Waals surface area contributed by atoms with Gasteiger partial charge in [-0.1, -0.05) is 18.2 Å². The predicted octanol–water partition coefficient (Wildman–Crippen LogP) is 3.94. The maximum absolute atomic E-state index is 2.70. The van der Waals surface area contributed by atoms with Crippen LogP contribution in [0.1, 0.15) is 45.6 Å². The zero-order valence-corrected chi connectivity index (χ0v) is 13.5. The van der Waals surface area contributed by atoms with Crippen LogP contribution in [0, 0.1) is 6.92 Å². The van der Waals surface area contributed by atoms with E-state index in [0.29, 0.717) is 6.17 Å². The van der Waals surface area contributed by atoms with Crippen molar-refractivity contribution in [2.75, 3.05) is 24.5 Å². The Morgan fingerprint density at radius 2 is 1.75 bits per heavy atom. The van der Waals surface area contributed by atoms with Crippen LogP contribution in [0.25, 0.3) is 0 Å². The molecule has 2 heterocycles. The summed E-state index contributed by atoms with van der Waals surface area (Å²) >= 11 is 0. The van der Waals surface area contributed by atoms with Gasteiger partial charge in [0.1, 0.15) is 6.54 Å². The topological polar surface area (TPSA) is 3.24 Å². The van der Waals surface area contributed by atoms with Crippen LogP contribution in [0.2, 0.25) is 0 Å². The molecule has 0 aromatic heterocycles. The number of benzene rings is 1. The van der Waals surface area contributed by atoms with E-state index in [4.69, 9.17) is 0 Å². The van der Waals surface area contributed by atoms with Crippen molar-refractivity contribution in [3.05, 3.63) is 29.8 Å². The number of para-hydroxylation sites is 1. The summed E-state index contributed by atoms with van der Waals surface area (Å²) in [5.74, 6) is 0. The lowest BCUT2D eigenvalue weighted by molar-refractivity contribution is -0.942. The van der Waals surface area contributed by atoms with Crippen LogP contribution < -0.4 is 4.90 Å². The van der Waals surface area contributed by atoms with Gasteiger partial charge in [-0.2, -0.15) is 0 Å². The van der Waals surface area contributed by atoms with Crippen LogP contribution in [0.15, 0.2) is 24.3 Å². The number of quaternary nitrogens is 1. The summed E-state index contributed by atoms with van der Waals surface area (Å²) in [7, 11) is 0. The summed E-state index contributed by atoms with van der Waals surface area (Å²) in [6.45, 7) is 13.6. The highest BCUT2D eigenvalue weighted by Crippen LogP contribution is 2.42.